The van der Waals surface area contributed by atoms with Crippen molar-refractivity contribution in [2.75, 3.05) is 5.32 Å². The first kappa shape index (κ1) is 23.3. The number of hydrogen-bond acceptors (Lipinski definition) is 4. The predicted molar refractivity (Wildman–Crippen MR) is 152 cm³/mol. The first-order chi connectivity index (χ1) is 18.6. The topological polar surface area (TPSA) is 71.9 Å². The van der Waals surface area contributed by atoms with Crippen LogP contribution in [0.3, 0.4) is 0 Å². The maximum atomic E-state index is 13.1. The highest BCUT2D eigenvalue weighted by atomic mass is 16.5. The van der Waals surface area contributed by atoms with Crippen LogP contribution in [0.25, 0.3) is 28.0 Å². The molecule has 0 bridgehead atoms. The van der Waals surface area contributed by atoms with Crippen LogP contribution in [0.5, 0.6) is 11.5 Å². The lowest BCUT2D eigenvalue weighted by Crippen LogP contribution is -2.16. The van der Waals surface area contributed by atoms with Gasteiger partial charge in [-0.15, -0.1) is 0 Å². The molecule has 0 aliphatic heterocycles. The van der Waals surface area contributed by atoms with Gasteiger partial charge in [0.2, 0.25) is 0 Å². The fraction of sp³-hybridized carbons (Fsp3) is 0.0625. The van der Waals surface area contributed by atoms with Crippen molar-refractivity contribution in [3.8, 4) is 28.4 Å². The molecule has 2 heterocycles. The number of para-hydroxylation sites is 2. The standard InChI is InChI=1S/C32H26N4O2/c1-22-12-14-23(15-13-22)30-29-20-24(32(37)34-31(29)36(35-30)26-8-4-2-5-9-26)21-33-25-16-18-28(19-17-25)38-27-10-6-3-7-11-27/h2-20,33H,21H2,1H3,(H,34,37). The molecule has 2 aromatic heterocycles. The van der Waals surface area contributed by atoms with Crippen molar-refractivity contribution in [2.45, 2.75) is 13.5 Å². The Bertz CT molecular complexity index is 1740. The van der Waals surface area contributed by atoms with Crippen LogP contribution in [0, 0.1) is 6.92 Å². The number of nitrogens with one attached hydrogen (secondary N) is 2. The number of aryl methyl sites for hydroxylation is 1. The zero-order valence-electron chi connectivity index (χ0n) is 20.9. The van der Waals surface area contributed by atoms with E-state index in [1.807, 2.05) is 91.0 Å². The summed E-state index contributed by atoms with van der Waals surface area (Å²) >= 11 is 0. The number of fused-ring (bicyclic) bond motifs is 1. The summed E-state index contributed by atoms with van der Waals surface area (Å²) in [5.41, 5.74) is 5.92. The van der Waals surface area contributed by atoms with E-state index < -0.39 is 0 Å². The molecular formula is C32H26N4O2. The summed E-state index contributed by atoms with van der Waals surface area (Å²) in [5, 5.41) is 9.17. The van der Waals surface area contributed by atoms with Gasteiger partial charge >= 0.3 is 0 Å². The minimum absolute atomic E-state index is 0.151. The van der Waals surface area contributed by atoms with E-state index in [1.54, 1.807) is 4.68 Å². The Morgan fingerprint density at radius 3 is 2.18 bits per heavy atom. The lowest BCUT2D eigenvalue weighted by molar-refractivity contribution is 0.483. The maximum Gasteiger partial charge on any atom is 0.254 e. The molecule has 0 unspecified atom stereocenters. The summed E-state index contributed by atoms with van der Waals surface area (Å²) in [6.07, 6.45) is 0. The second-order valence-electron chi connectivity index (χ2n) is 9.14. The predicted octanol–water partition coefficient (Wildman–Crippen LogP) is 7.09. The number of benzene rings is 4. The smallest absolute Gasteiger partial charge is 0.254 e. The zero-order valence-corrected chi connectivity index (χ0v) is 20.9. The number of ether oxygens (including phenoxy) is 1. The van der Waals surface area contributed by atoms with Crippen molar-refractivity contribution in [1.82, 2.24) is 14.8 Å². The van der Waals surface area contributed by atoms with Crippen LogP contribution >= 0.6 is 0 Å². The molecule has 0 fully saturated rings. The third-order valence-electron chi connectivity index (χ3n) is 6.41. The molecule has 2 N–H and O–H groups in total. The number of anilines is 1. The molecule has 0 spiro atoms. The van der Waals surface area contributed by atoms with Crippen molar-refractivity contribution < 1.29 is 4.74 Å². The average Bonchev–Trinajstić information content (AvgIpc) is 3.32. The fourth-order valence-corrected chi connectivity index (χ4v) is 4.39. The lowest BCUT2D eigenvalue weighted by atomic mass is 10.1. The van der Waals surface area contributed by atoms with E-state index in [-0.39, 0.29) is 5.56 Å². The second-order valence-corrected chi connectivity index (χ2v) is 9.14. The van der Waals surface area contributed by atoms with Gasteiger partial charge in [-0.3, -0.25) is 4.79 Å². The van der Waals surface area contributed by atoms with Crippen LogP contribution in [-0.4, -0.2) is 14.8 Å². The summed E-state index contributed by atoms with van der Waals surface area (Å²) in [6, 6.07) is 37.4. The molecular weight excluding hydrogens is 472 g/mol. The van der Waals surface area contributed by atoms with E-state index in [2.05, 4.69) is 41.5 Å². The largest absolute Gasteiger partial charge is 0.457 e. The normalized spacial score (nSPS) is 11.0. The summed E-state index contributed by atoms with van der Waals surface area (Å²) in [5.74, 6) is 1.53. The zero-order chi connectivity index (χ0) is 25.9. The van der Waals surface area contributed by atoms with Gasteiger partial charge in [-0.1, -0.05) is 66.2 Å². The third-order valence-corrected chi connectivity index (χ3v) is 6.41. The van der Waals surface area contributed by atoms with Gasteiger partial charge in [0.1, 0.15) is 22.8 Å². The molecule has 0 saturated heterocycles. The molecule has 0 aliphatic rings. The molecule has 6 rings (SSSR count). The van der Waals surface area contributed by atoms with Crippen molar-refractivity contribution in [3.63, 3.8) is 0 Å². The van der Waals surface area contributed by atoms with Gasteiger partial charge in [-0.2, -0.15) is 5.10 Å². The summed E-state index contributed by atoms with van der Waals surface area (Å²) < 4.78 is 7.67. The minimum atomic E-state index is -0.151. The molecule has 6 heteroatoms. The van der Waals surface area contributed by atoms with Gasteiger partial charge in [-0.25, -0.2) is 4.68 Å². The quantitative estimate of drug-likeness (QED) is 0.246. The van der Waals surface area contributed by atoms with E-state index in [9.17, 15) is 4.79 Å². The van der Waals surface area contributed by atoms with Crippen LogP contribution in [0.4, 0.5) is 5.69 Å². The van der Waals surface area contributed by atoms with Gasteiger partial charge in [0.15, 0.2) is 0 Å². The molecule has 0 saturated carbocycles. The minimum Gasteiger partial charge on any atom is -0.457 e. The van der Waals surface area contributed by atoms with Gasteiger partial charge < -0.3 is 15.0 Å². The molecule has 186 valence electrons. The van der Waals surface area contributed by atoms with Gasteiger partial charge in [0, 0.05) is 28.7 Å². The molecule has 38 heavy (non-hydrogen) atoms. The Labute approximate surface area is 220 Å². The molecule has 0 radical (unpaired) electrons. The first-order valence-electron chi connectivity index (χ1n) is 12.5. The van der Waals surface area contributed by atoms with Gasteiger partial charge in [0.05, 0.1) is 5.69 Å². The van der Waals surface area contributed by atoms with Crippen LogP contribution in [-0.2, 0) is 6.54 Å². The monoisotopic (exact) mass is 498 g/mol. The highest BCUT2D eigenvalue weighted by Gasteiger charge is 2.16. The van der Waals surface area contributed by atoms with Crippen molar-refractivity contribution in [3.05, 3.63) is 137 Å². The van der Waals surface area contributed by atoms with Crippen molar-refractivity contribution >= 4 is 16.7 Å². The number of pyridine rings is 1. The third kappa shape index (κ3) is 4.80. The Hall–Kier alpha value is -5.10. The van der Waals surface area contributed by atoms with Gasteiger partial charge in [-0.05, 0) is 61.5 Å². The molecule has 6 nitrogen and oxygen atoms in total. The molecule has 0 aliphatic carbocycles. The molecule has 0 atom stereocenters. The van der Waals surface area contributed by atoms with Crippen LogP contribution in [0.15, 0.2) is 120 Å². The molecule has 6 aromatic rings. The van der Waals surface area contributed by atoms with E-state index in [4.69, 9.17) is 9.84 Å². The number of H-pyrrole nitrogens is 1. The number of nitrogens with zero attached hydrogens (tertiary/aromatic N) is 2. The summed E-state index contributed by atoms with van der Waals surface area (Å²) in [4.78, 5) is 16.2. The maximum absolute atomic E-state index is 13.1. The summed E-state index contributed by atoms with van der Waals surface area (Å²) in [7, 11) is 0. The number of aromatic amines is 1. The lowest BCUT2D eigenvalue weighted by Gasteiger charge is -2.09. The highest BCUT2D eigenvalue weighted by Crippen LogP contribution is 2.29. The Morgan fingerprint density at radius 1 is 0.816 bits per heavy atom. The van der Waals surface area contributed by atoms with E-state index in [1.165, 1.54) is 5.56 Å². The van der Waals surface area contributed by atoms with E-state index >= 15 is 0 Å². The number of rotatable bonds is 7. The van der Waals surface area contributed by atoms with E-state index in [0.717, 1.165) is 39.5 Å². The van der Waals surface area contributed by atoms with Gasteiger partial charge in [0.25, 0.3) is 5.56 Å². The molecule has 0 amide bonds. The Kier molecular flexibility index (Phi) is 6.20. The first-order valence-corrected chi connectivity index (χ1v) is 12.5. The average molecular weight is 499 g/mol. The molecule has 4 aromatic carbocycles. The fourth-order valence-electron chi connectivity index (χ4n) is 4.39. The highest BCUT2D eigenvalue weighted by molar-refractivity contribution is 5.92. The number of aromatic nitrogens is 3. The van der Waals surface area contributed by atoms with Crippen LogP contribution < -0.4 is 15.6 Å². The van der Waals surface area contributed by atoms with Crippen LogP contribution in [0.1, 0.15) is 11.1 Å². The second kappa shape index (κ2) is 10.1. The van der Waals surface area contributed by atoms with Crippen LogP contribution in [0.2, 0.25) is 0 Å². The summed E-state index contributed by atoms with van der Waals surface area (Å²) in [6.45, 7) is 2.43. The van der Waals surface area contributed by atoms with E-state index in [0.29, 0.717) is 17.8 Å². The van der Waals surface area contributed by atoms with Crippen molar-refractivity contribution in [2.24, 2.45) is 0 Å². The Balaban J connectivity index is 1.31. The SMILES string of the molecule is Cc1ccc(-c2nn(-c3ccccc3)c3[nH]c(=O)c(CNc4ccc(Oc5ccccc5)cc4)cc23)cc1. The Morgan fingerprint density at radius 2 is 1.47 bits per heavy atom. The number of hydrogen-bond donors (Lipinski definition) is 2. The van der Waals surface area contributed by atoms with Crippen molar-refractivity contribution in [1.29, 1.82) is 0 Å².